The van der Waals surface area contributed by atoms with E-state index in [1.807, 2.05) is 0 Å². The Labute approximate surface area is 152 Å². The largest absolute Gasteiger partial charge is 0.315 e. The zero-order valence-electron chi connectivity index (χ0n) is 15.7. The minimum atomic E-state index is 0.771. The molecule has 1 saturated carbocycles. The van der Waals surface area contributed by atoms with Crippen molar-refractivity contribution in [1.29, 1.82) is 0 Å². The second-order valence-electron chi connectivity index (χ2n) is 8.05. The molecule has 2 aliphatic rings. The number of benzene rings is 2. The minimum absolute atomic E-state index is 0.771. The minimum Gasteiger partial charge on any atom is -0.315 e. The van der Waals surface area contributed by atoms with Gasteiger partial charge in [0.05, 0.1) is 6.04 Å². The summed E-state index contributed by atoms with van der Waals surface area (Å²) < 4.78 is 0. The number of nitrogens with zero attached hydrogens (tertiary/aromatic N) is 1. The predicted octanol–water partition coefficient (Wildman–Crippen LogP) is 3.47. The van der Waals surface area contributed by atoms with E-state index >= 15 is 0 Å². The molecule has 2 aromatic rings. The van der Waals surface area contributed by atoms with E-state index in [2.05, 4.69) is 67.3 Å². The van der Waals surface area contributed by atoms with Crippen LogP contribution in [0.4, 0.5) is 0 Å². The van der Waals surface area contributed by atoms with Gasteiger partial charge in [-0.15, -0.1) is 0 Å². The molecule has 1 heterocycles. The molecule has 1 aliphatic carbocycles. The number of aryl methyl sites for hydroxylation is 2. The van der Waals surface area contributed by atoms with Crippen LogP contribution in [0.3, 0.4) is 0 Å². The van der Waals surface area contributed by atoms with E-state index in [0.717, 1.165) is 18.6 Å². The Morgan fingerprint density at radius 1 is 0.880 bits per heavy atom. The van der Waals surface area contributed by atoms with E-state index in [0.29, 0.717) is 0 Å². The summed E-state index contributed by atoms with van der Waals surface area (Å²) in [6.07, 6.45) is 5.60. The molecule has 1 saturated heterocycles. The predicted molar refractivity (Wildman–Crippen MR) is 103 cm³/mol. The smallest absolute Gasteiger partial charge is 0.134 e. The van der Waals surface area contributed by atoms with E-state index in [1.54, 1.807) is 4.90 Å². The van der Waals surface area contributed by atoms with Gasteiger partial charge in [-0.3, -0.25) is 0 Å². The Morgan fingerprint density at radius 2 is 1.52 bits per heavy atom. The number of fused-ring (bicyclic) bond motifs is 1. The van der Waals surface area contributed by atoms with E-state index in [1.165, 1.54) is 61.2 Å². The molecule has 3 atom stereocenters. The van der Waals surface area contributed by atoms with Crippen molar-refractivity contribution in [2.75, 3.05) is 6.67 Å². The van der Waals surface area contributed by atoms with Gasteiger partial charge >= 0.3 is 0 Å². The van der Waals surface area contributed by atoms with Gasteiger partial charge in [0.1, 0.15) is 19.3 Å². The van der Waals surface area contributed by atoms with Crippen LogP contribution < -0.4 is 4.90 Å². The van der Waals surface area contributed by atoms with Crippen molar-refractivity contribution in [2.24, 2.45) is 0 Å². The molecule has 2 nitrogen and oxygen atoms in total. The van der Waals surface area contributed by atoms with E-state index in [-0.39, 0.29) is 0 Å². The molecule has 2 heteroatoms. The Balaban J connectivity index is 1.53. The maximum Gasteiger partial charge on any atom is 0.134 e. The summed E-state index contributed by atoms with van der Waals surface area (Å²) in [6, 6.07) is 19.4. The quantitative estimate of drug-likeness (QED) is 0.899. The topological polar surface area (TPSA) is 7.68 Å². The summed E-state index contributed by atoms with van der Waals surface area (Å²) in [7, 11) is 0. The standard InChI is InChI=1S/C23H30N2/c1-18-9-3-5-11-20(18)15-24-17-25(23-14-8-7-13-22(23)24)16-21-12-6-4-10-19(21)2/h3-6,9-12,22-23H,7-8,13-17H2,1-2H3/p+1. The number of rotatable bonds is 4. The van der Waals surface area contributed by atoms with Gasteiger partial charge in [0.25, 0.3) is 0 Å². The summed E-state index contributed by atoms with van der Waals surface area (Å²) in [5.74, 6) is 0. The molecule has 132 valence electrons. The first-order valence-electron chi connectivity index (χ1n) is 9.90. The Kier molecular flexibility index (Phi) is 4.91. The van der Waals surface area contributed by atoms with Gasteiger partial charge in [0, 0.05) is 18.5 Å². The lowest BCUT2D eigenvalue weighted by Crippen LogP contribution is -3.13. The van der Waals surface area contributed by atoms with Gasteiger partial charge in [-0.1, -0.05) is 55.0 Å². The zero-order valence-corrected chi connectivity index (χ0v) is 15.7. The van der Waals surface area contributed by atoms with Gasteiger partial charge in [-0.05, 0) is 43.4 Å². The lowest BCUT2D eigenvalue weighted by atomic mass is 9.89. The monoisotopic (exact) mass is 335 g/mol. The maximum absolute atomic E-state index is 2.78. The first-order chi connectivity index (χ1) is 12.2. The van der Waals surface area contributed by atoms with E-state index in [9.17, 15) is 0 Å². The lowest BCUT2D eigenvalue weighted by molar-refractivity contribution is -0.931. The van der Waals surface area contributed by atoms with Crippen LogP contribution in [0, 0.1) is 13.8 Å². The average Bonchev–Trinajstić information content (AvgIpc) is 2.97. The lowest BCUT2D eigenvalue weighted by Gasteiger charge is -2.29. The Morgan fingerprint density at radius 3 is 2.24 bits per heavy atom. The van der Waals surface area contributed by atoms with Crippen LogP contribution in [0.15, 0.2) is 48.5 Å². The molecule has 1 aliphatic heterocycles. The van der Waals surface area contributed by atoms with Gasteiger partial charge in [0.15, 0.2) is 0 Å². The molecule has 2 fully saturated rings. The highest BCUT2D eigenvalue weighted by Gasteiger charge is 2.44. The molecule has 3 unspecified atom stereocenters. The fraction of sp³-hybridized carbons (Fsp3) is 0.478. The molecule has 25 heavy (non-hydrogen) atoms. The summed E-state index contributed by atoms with van der Waals surface area (Å²) in [6.45, 7) is 8.00. The number of nitrogens with one attached hydrogen (secondary N) is 1. The maximum atomic E-state index is 2.78. The third-order valence-electron chi connectivity index (χ3n) is 6.44. The van der Waals surface area contributed by atoms with Gasteiger partial charge in [0.2, 0.25) is 0 Å². The molecule has 0 aromatic heterocycles. The van der Waals surface area contributed by atoms with Crippen molar-refractivity contribution in [2.45, 2.75) is 64.7 Å². The van der Waals surface area contributed by atoms with E-state index in [4.69, 9.17) is 0 Å². The fourth-order valence-corrected chi connectivity index (χ4v) is 4.94. The SMILES string of the molecule is Cc1ccccc1CN1C[NH+](Cc2ccccc2C)C2CCCCC21. The van der Waals surface area contributed by atoms with Crippen LogP contribution in [0.5, 0.6) is 0 Å². The molecule has 0 bridgehead atoms. The van der Waals surface area contributed by atoms with Gasteiger partial charge in [-0.2, -0.15) is 0 Å². The van der Waals surface area contributed by atoms with Crippen LogP contribution >= 0.6 is 0 Å². The van der Waals surface area contributed by atoms with Crippen molar-refractivity contribution in [3.63, 3.8) is 0 Å². The van der Waals surface area contributed by atoms with Crippen molar-refractivity contribution in [1.82, 2.24) is 4.90 Å². The molecular formula is C23H31N2+. The van der Waals surface area contributed by atoms with Crippen LogP contribution in [0.2, 0.25) is 0 Å². The van der Waals surface area contributed by atoms with Gasteiger partial charge in [-0.25, -0.2) is 4.90 Å². The van der Waals surface area contributed by atoms with Gasteiger partial charge < -0.3 is 4.90 Å². The highest BCUT2D eigenvalue weighted by atomic mass is 15.4. The third kappa shape index (κ3) is 3.51. The molecule has 2 aromatic carbocycles. The fourth-order valence-electron chi connectivity index (χ4n) is 4.94. The van der Waals surface area contributed by atoms with Crippen LogP contribution in [-0.2, 0) is 13.1 Å². The Bertz CT molecular complexity index is 662. The summed E-state index contributed by atoms with van der Waals surface area (Å²) >= 11 is 0. The molecule has 0 amide bonds. The first-order valence-corrected chi connectivity index (χ1v) is 9.90. The molecule has 0 radical (unpaired) electrons. The molecule has 4 rings (SSSR count). The first kappa shape index (κ1) is 16.8. The molecule has 1 N–H and O–H groups in total. The third-order valence-corrected chi connectivity index (χ3v) is 6.44. The molecule has 0 spiro atoms. The van der Waals surface area contributed by atoms with Crippen LogP contribution in [0.25, 0.3) is 0 Å². The average molecular weight is 336 g/mol. The van der Waals surface area contributed by atoms with Crippen molar-refractivity contribution >= 4 is 0 Å². The highest BCUT2D eigenvalue weighted by Crippen LogP contribution is 2.27. The summed E-state index contributed by atoms with van der Waals surface area (Å²) in [5.41, 5.74) is 5.91. The Hall–Kier alpha value is -1.64. The van der Waals surface area contributed by atoms with Crippen LogP contribution in [-0.4, -0.2) is 23.7 Å². The number of hydrogen-bond acceptors (Lipinski definition) is 1. The number of quaternary nitrogens is 1. The van der Waals surface area contributed by atoms with Crippen LogP contribution in [0.1, 0.15) is 47.9 Å². The second-order valence-corrected chi connectivity index (χ2v) is 8.05. The van der Waals surface area contributed by atoms with Crippen molar-refractivity contribution < 1.29 is 4.90 Å². The van der Waals surface area contributed by atoms with Crippen molar-refractivity contribution in [3.8, 4) is 0 Å². The molecular weight excluding hydrogens is 304 g/mol. The summed E-state index contributed by atoms with van der Waals surface area (Å²) in [4.78, 5) is 4.56. The number of hydrogen-bond donors (Lipinski definition) is 1. The summed E-state index contributed by atoms with van der Waals surface area (Å²) in [5, 5.41) is 0. The highest BCUT2D eigenvalue weighted by molar-refractivity contribution is 5.26. The zero-order chi connectivity index (χ0) is 17.2. The normalized spacial score (nSPS) is 26.6. The van der Waals surface area contributed by atoms with E-state index < -0.39 is 0 Å². The van der Waals surface area contributed by atoms with Crippen molar-refractivity contribution in [3.05, 3.63) is 70.8 Å². The second kappa shape index (κ2) is 7.31.